The smallest absolute Gasteiger partial charge is 0.0637 e. The molecule has 0 fully saturated rings. The van der Waals surface area contributed by atoms with Gasteiger partial charge in [-0.15, -0.1) is 0 Å². The van der Waals surface area contributed by atoms with Crippen molar-refractivity contribution in [3.05, 3.63) is 28.2 Å². The molecule has 0 bridgehead atoms. The van der Waals surface area contributed by atoms with Gasteiger partial charge in [0.25, 0.3) is 0 Å². The third-order valence-electron chi connectivity index (χ3n) is 3.29. The number of hydrogen-bond acceptors (Lipinski definition) is 4. The van der Waals surface area contributed by atoms with Gasteiger partial charge in [-0.1, -0.05) is 22.0 Å². The number of halogens is 1. The molecule has 120 valence electrons. The van der Waals surface area contributed by atoms with Crippen LogP contribution in [-0.2, 0) is 15.9 Å². The summed E-state index contributed by atoms with van der Waals surface area (Å²) in [6.07, 6.45) is 1.88. The lowest BCUT2D eigenvalue weighted by Crippen LogP contribution is -2.29. The summed E-state index contributed by atoms with van der Waals surface area (Å²) in [4.78, 5) is 2.32. The molecule has 1 atom stereocenters. The first kappa shape index (κ1) is 18.4. The van der Waals surface area contributed by atoms with E-state index in [-0.39, 0.29) is 6.04 Å². The van der Waals surface area contributed by atoms with Crippen LogP contribution in [-0.4, -0.2) is 46.6 Å². The number of nitrogens with two attached hydrogens (primary N) is 1. The molecule has 1 aromatic rings. The fraction of sp³-hybridized carbons (Fsp3) is 0.625. The van der Waals surface area contributed by atoms with Crippen molar-refractivity contribution in [2.75, 3.05) is 45.4 Å². The lowest BCUT2D eigenvalue weighted by atomic mass is 10.1. The number of anilines is 1. The Labute approximate surface area is 136 Å². The first-order valence-electron chi connectivity index (χ1n) is 7.35. The van der Waals surface area contributed by atoms with Crippen molar-refractivity contribution in [3.63, 3.8) is 0 Å². The van der Waals surface area contributed by atoms with Crippen molar-refractivity contribution in [1.82, 2.24) is 0 Å². The molecule has 1 rings (SSSR count). The van der Waals surface area contributed by atoms with Crippen LogP contribution in [0.3, 0.4) is 0 Å². The summed E-state index contributed by atoms with van der Waals surface area (Å²) in [6.45, 7) is 5.34. The molecule has 0 radical (unpaired) electrons. The average molecular weight is 359 g/mol. The van der Waals surface area contributed by atoms with Gasteiger partial charge in [0.05, 0.1) is 6.61 Å². The number of benzene rings is 1. The van der Waals surface area contributed by atoms with Crippen molar-refractivity contribution < 1.29 is 9.47 Å². The number of rotatable bonds is 10. The maximum absolute atomic E-state index is 5.88. The summed E-state index contributed by atoms with van der Waals surface area (Å²) in [7, 11) is 3.47. The predicted octanol–water partition coefficient (Wildman–Crippen LogP) is 2.83. The van der Waals surface area contributed by atoms with Gasteiger partial charge in [0.1, 0.15) is 0 Å². The van der Waals surface area contributed by atoms with Crippen molar-refractivity contribution in [3.8, 4) is 0 Å². The SMILES string of the molecule is COCCCN(CCOC)c1ccc(CC(C)N)c(Br)c1. The zero-order valence-electron chi connectivity index (χ0n) is 13.3. The Hall–Kier alpha value is -0.620. The zero-order valence-corrected chi connectivity index (χ0v) is 14.9. The minimum Gasteiger partial charge on any atom is -0.385 e. The summed E-state index contributed by atoms with van der Waals surface area (Å²) in [6, 6.07) is 6.64. The standard InChI is InChI=1S/C16H27BrN2O2/c1-13(18)11-14-5-6-15(12-16(14)17)19(8-10-21-3)7-4-9-20-2/h5-6,12-13H,4,7-11,18H2,1-3H3. The Morgan fingerprint density at radius 1 is 1.19 bits per heavy atom. The Morgan fingerprint density at radius 3 is 2.48 bits per heavy atom. The Bertz CT molecular complexity index is 413. The molecule has 1 unspecified atom stereocenters. The maximum atomic E-state index is 5.88. The number of methoxy groups -OCH3 is 2. The average Bonchev–Trinajstić information content (AvgIpc) is 2.44. The zero-order chi connectivity index (χ0) is 15.7. The first-order valence-corrected chi connectivity index (χ1v) is 8.14. The van der Waals surface area contributed by atoms with E-state index in [0.717, 1.165) is 37.0 Å². The number of nitrogens with zero attached hydrogens (tertiary/aromatic N) is 1. The van der Waals surface area contributed by atoms with Gasteiger partial charge in [-0.05, 0) is 37.5 Å². The topological polar surface area (TPSA) is 47.7 Å². The van der Waals surface area contributed by atoms with Gasteiger partial charge in [-0.25, -0.2) is 0 Å². The Balaban J connectivity index is 2.78. The summed E-state index contributed by atoms with van der Waals surface area (Å²) >= 11 is 3.66. The largest absolute Gasteiger partial charge is 0.385 e. The van der Waals surface area contributed by atoms with E-state index in [2.05, 4.69) is 39.0 Å². The van der Waals surface area contributed by atoms with E-state index in [1.807, 2.05) is 6.92 Å². The van der Waals surface area contributed by atoms with E-state index >= 15 is 0 Å². The molecule has 0 aliphatic rings. The molecular formula is C16H27BrN2O2. The Kier molecular flexibility index (Phi) is 8.92. The van der Waals surface area contributed by atoms with Crippen LogP contribution in [0.15, 0.2) is 22.7 Å². The molecule has 1 aromatic carbocycles. The summed E-state index contributed by atoms with van der Waals surface area (Å²) in [5.74, 6) is 0. The maximum Gasteiger partial charge on any atom is 0.0637 e. The number of hydrogen-bond donors (Lipinski definition) is 1. The van der Waals surface area contributed by atoms with E-state index in [1.54, 1.807) is 14.2 Å². The molecule has 0 aromatic heterocycles. The van der Waals surface area contributed by atoms with Crippen LogP contribution in [0.1, 0.15) is 18.9 Å². The van der Waals surface area contributed by atoms with Crippen LogP contribution in [0.5, 0.6) is 0 Å². The lowest BCUT2D eigenvalue weighted by molar-refractivity contribution is 0.191. The fourth-order valence-corrected chi connectivity index (χ4v) is 2.75. The van der Waals surface area contributed by atoms with Crippen LogP contribution in [0.4, 0.5) is 5.69 Å². The van der Waals surface area contributed by atoms with E-state index in [4.69, 9.17) is 15.2 Å². The molecule has 0 aliphatic carbocycles. The minimum absolute atomic E-state index is 0.165. The van der Waals surface area contributed by atoms with E-state index in [0.29, 0.717) is 6.61 Å². The van der Waals surface area contributed by atoms with Crippen LogP contribution in [0.25, 0.3) is 0 Å². The van der Waals surface area contributed by atoms with E-state index in [9.17, 15) is 0 Å². The highest BCUT2D eigenvalue weighted by molar-refractivity contribution is 9.10. The first-order chi connectivity index (χ1) is 10.1. The van der Waals surface area contributed by atoms with Gasteiger partial charge in [-0.2, -0.15) is 0 Å². The second-order valence-electron chi connectivity index (χ2n) is 5.28. The summed E-state index contributed by atoms with van der Waals surface area (Å²) < 4.78 is 11.5. The second-order valence-corrected chi connectivity index (χ2v) is 6.14. The molecule has 0 amide bonds. The Morgan fingerprint density at radius 2 is 1.90 bits per heavy atom. The highest BCUT2D eigenvalue weighted by Gasteiger charge is 2.10. The van der Waals surface area contributed by atoms with Gasteiger partial charge in [-0.3, -0.25) is 0 Å². The van der Waals surface area contributed by atoms with Gasteiger partial charge < -0.3 is 20.1 Å². The molecule has 0 saturated heterocycles. The normalized spacial score (nSPS) is 12.4. The molecule has 0 aliphatic heterocycles. The van der Waals surface area contributed by atoms with E-state index < -0.39 is 0 Å². The van der Waals surface area contributed by atoms with Crippen molar-refractivity contribution in [2.45, 2.75) is 25.8 Å². The van der Waals surface area contributed by atoms with Gasteiger partial charge in [0, 0.05) is 50.1 Å². The van der Waals surface area contributed by atoms with Gasteiger partial charge in [0.15, 0.2) is 0 Å². The van der Waals surface area contributed by atoms with E-state index in [1.165, 1.54) is 11.3 Å². The van der Waals surface area contributed by atoms with Crippen molar-refractivity contribution in [1.29, 1.82) is 0 Å². The van der Waals surface area contributed by atoms with Crippen LogP contribution < -0.4 is 10.6 Å². The third kappa shape index (κ3) is 6.78. The molecule has 4 nitrogen and oxygen atoms in total. The van der Waals surface area contributed by atoms with Crippen molar-refractivity contribution in [2.24, 2.45) is 5.73 Å². The molecule has 2 N–H and O–H groups in total. The summed E-state index contributed by atoms with van der Waals surface area (Å²) in [5, 5.41) is 0. The summed E-state index contributed by atoms with van der Waals surface area (Å²) in [5.41, 5.74) is 8.32. The molecule has 5 heteroatoms. The molecule has 21 heavy (non-hydrogen) atoms. The number of ether oxygens (including phenoxy) is 2. The van der Waals surface area contributed by atoms with Gasteiger partial charge in [0.2, 0.25) is 0 Å². The predicted molar refractivity (Wildman–Crippen MR) is 92.1 cm³/mol. The molecule has 0 spiro atoms. The van der Waals surface area contributed by atoms with Crippen LogP contribution in [0, 0.1) is 0 Å². The minimum atomic E-state index is 0.165. The third-order valence-corrected chi connectivity index (χ3v) is 4.02. The second kappa shape index (κ2) is 10.2. The molecule has 0 saturated carbocycles. The van der Waals surface area contributed by atoms with Gasteiger partial charge >= 0.3 is 0 Å². The molecule has 0 heterocycles. The highest BCUT2D eigenvalue weighted by atomic mass is 79.9. The van der Waals surface area contributed by atoms with Crippen LogP contribution >= 0.6 is 15.9 Å². The molecular weight excluding hydrogens is 332 g/mol. The fourth-order valence-electron chi connectivity index (χ4n) is 2.22. The monoisotopic (exact) mass is 358 g/mol. The quantitative estimate of drug-likeness (QED) is 0.653. The van der Waals surface area contributed by atoms with Crippen molar-refractivity contribution >= 4 is 21.6 Å². The van der Waals surface area contributed by atoms with Crippen LogP contribution in [0.2, 0.25) is 0 Å². The highest BCUT2D eigenvalue weighted by Crippen LogP contribution is 2.25. The lowest BCUT2D eigenvalue weighted by Gasteiger charge is -2.25.